The molecule has 4 aromatic rings. The maximum atomic E-state index is 12.6. The molecule has 4 rings (SSSR count). The van der Waals surface area contributed by atoms with Crippen molar-refractivity contribution in [1.82, 2.24) is 19.5 Å². The van der Waals surface area contributed by atoms with Crippen LogP contribution in [0, 0.1) is 0 Å². The fourth-order valence-corrected chi connectivity index (χ4v) is 3.31. The molecule has 0 N–H and O–H groups in total. The van der Waals surface area contributed by atoms with E-state index in [1.807, 2.05) is 30.5 Å². The van der Waals surface area contributed by atoms with E-state index < -0.39 is 12.1 Å². The number of aromatic nitrogens is 4. The van der Waals surface area contributed by atoms with Gasteiger partial charge in [0, 0.05) is 28.6 Å². The van der Waals surface area contributed by atoms with Crippen LogP contribution in [0.15, 0.2) is 58.2 Å². The number of hydrogen-bond acceptors (Lipinski definition) is 6. The maximum absolute atomic E-state index is 12.6. The summed E-state index contributed by atoms with van der Waals surface area (Å²) in [6.45, 7) is 0. The molecule has 10 heteroatoms. The zero-order chi connectivity index (χ0) is 19.7. The Balaban J connectivity index is 1.52. The van der Waals surface area contributed by atoms with Crippen molar-refractivity contribution in [3.63, 3.8) is 0 Å². The second kappa shape index (κ2) is 7.19. The molecule has 6 nitrogen and oxygen atoms in total. The predicted molar refractivity (Wildman–Crippen MR) is 96.0 cm³/mol. The van der Waals surface area contributed by atoms with Crippen LogP contribution in [-0.4, -0.2) is 26.6 Å². The molecule has 3 heterocycles. The Morgan fingerprint density at radius 1 is 1.14 bits per heavy atom. The van der Waals surface area contributed by atoms with Gasteiger partial charge in [0.25, 0.3) is 0 Å². The minimum atomic E-state index is -4.67. The summed E-state index contributed by atoms with van der Waals surface area (Å²) in [4.78, 5) is 8.99. The maximum Gasteiger partial charge on any atom is 0.471 e. The molecule has 0 fully saturated rings. The molecular formula is C18H13F3N4O2S. The number of thioether (sulfide) groups is 1. The molecule has 0 atom stereocenters. The summed E-state index contributed by atoms with van der Waals surface area (Å²) in [5, 5.41) is 3.40. The van der Waals surface area contributed by atoms with E-state index in [0.29, 0.717) is 17.0 Å². The van der Waals surface area contributed by atoms with Gasteiger partial charge in [-0.05, 0) is 36.4 Å². The monoisotopic (exact) mass is 406 g/mol. The van der Waals surface area contributed by atoms with Crippen molar-refractivity contribution in [2.24, 2.45) is 0 Å². The number of imidazole rings is 1. The van der Waals surface area contributed by atoms with Crippen LogP contribution in [0.2, 0.25) is 0 Å². The minimum absolute atomic E-state index is 0.132. The Kier molecular flexibility index (Phi) is 4.71. The minimum Gasteiger partial charge on any atom is -0.497 e. The van der Waals surface area contributed by atoms with Crippen molar-refractivity contribution in [3.8, 4) is 17.1 Å². The normalized spacial score (nSPS) is 11.9. The van der Waals surface area contributed by atoms with Gasteiger partial charge < -0.3 is 13.7 Å². The van der Waals surface area contributed by atoms with Crippen LogP contribution < -0.4 is 4.74 Å². The standard InChI is InChI=1S/C18H13F3N4O2S/c1-26-13-2-4-14(5-3-13)28-10-12-9-25-7-6-11(8-15(25)22-12)16-23-17(27-24-16)18(19,20)21/h2-9H,10H2,1H3. The molecule has 1 aromatic carbocycles. The van der Waals surface area contributed by atoms with Gasteiger partial charge >= 0.3 is 12.1 Å². The first-order valence-corrected chi connectivity index (χ1v) is 9.07. The highest BCUT2D eigenvalue weighted by atomic mass is 32.2. The lowest BCUT2D eigenvalue weighted by Crippen LogP contribution is -2.04. The third-order valence-electron chi connectivity index (χ3n) is 3.88. The quantitative estimate of drug-likeness (QED) is 0.448. The summed E-state index contributed by atoms with van der Waals surface area (Å²) in [6.07, 6.45) is -1.11. The molecule has 0 unspecified atom stereocenters. The van der Waals surface area contributed by atoms with E-state index in [-0.39, 0.29) is 5.82 Å². The highest BCUT2D eigenvalue weighted by Crippen LogP contribution is 2.30. The molecule has 144 valence electrons. The molecular weight excluding hydrogens is 393 g/mol. The van der Waals surface area contributed by atoms with Gasteiger partial charge in [-0.25, -0.2) is 4.98 Å². The lowest BCUT2D eigenvalue weighted by molar-refractivity contribution is -0.159. The fraction of sp³-hybridized carbons (Fsp3) is 0.167. The van der Waals surface area contributed by atoms with E-state index in [1.165, 1.54) is 0 Å². The number of pyridine rings is 1. The molecule has 28 heavy (non-hydrogen) atoms. The van der Waals surface area contributed by atoms with E-state index in [0.717, 1.165) is 16.3 Å². The number of rotatable bonds is 5. The summed E-state index contributed by atoms with van der Waals surface area (Å²) >= 11 is 1.62. The summed E-state index contributed by atoms with van der Waals surface area (Å²) < 4.78 is 49.1. The number of nitrogens with zero attached hydrogens (tertiary/aromatic N) is 4. The van der Waals surface area contributed by atoms with Crippen LogP contribution in [0.5, 0.6) is 5.75 Å². The van der Waals surface area contributed by atoms with E-state index in [2.05, 4.69) is 19.6 Å². The molecule has 0 spiro atoms. The molecule has 0 saturated carbocycles. The van der Waals surface area contributed by atoms with Gasteiger partial charge in [0.05, 0.1) is 12.8 Å². The second-order valence-corrected chi connectivity index (χ2v) is 6.85. The van der Waals surface area contributed by atoms with Crippen molar-refractivity contribution in [3.05, 3.63) is 60.4 Å². The Labute approximate surface area is 161 Å². The van der Waals surface area contributed by atoms with Crippen LogP contribution in [0.25, 0.3) is 17.0 Å². The van der Waals surface area contributed by atoms with Crippen molar-refractivity contribution in [1.29, 1.82) is 0 Å². The van der Waals surface area contributed by atoms with Crippen LogP contribution in [0.4, 0.5) is 13.2 Å². The number of halogens is 3. The van der Waals surface area contributed by atoms with Crippen LogP contribution in [0.1, 0.15) is 11.6 Å². The summed E-state index contributed by atoms with van der Waals surface area (Å²) in [5.74, 6) is -0.0712. The first kappa shape index (κ1) is 18.4. The second-order valence-electron chi connectivity index (χ2n) is 5.80. The Morgan fingerprint density at radius 2 is 1.93 bits per heavy atom. The van der Waals surface area contributed by atoms with Crippen molar-refractivity contribution in [2.75, 3.05) is 7.11 Å². The van der Waals surface area contributed by atoms with Gasteiger partial charge in [-0.15, -0.1) is 11.8 Å². The number of benzene rings is 1. The van der Waals surface area contributed by atoms with Gasteiger partial charge in [0.15, 0.2) is 0 Å². The number of hydrogen-bond donors (Lipinski definition) is 0. The van der Waals surface area contributed by atoms with Crippen molar-refractivity contribution < 1.29 is 22.4 Å². The van der Waals surface area contributed by atoms with E-state index >= 15 is 0 Å². The highest BCUT2D eigenvalue weighted by molar-refractivity contribution is 7.98. The number of fused-ring (bicyclic) bond motifs is 1. The summed E-state index contributed by atoms with van der Waals surface area (Å²) in [5.41, 5.74) is 1.81. The zero-order valence-corrected chi connectivity index (χ0v) is 15.3. The molecule has 0 bridgehead atoms. The lowest BCUT2D eigenvalue weighted by Gasteiger charge is -2.01. The molecule has 3 aromatic heterocycles. The summed E-state index contributed by atoms with van der Waals surface area (Å²) in [6, 6.07) is 10.9. The average Bonchev–Trinajstić information content (AvgIpc) is 3.32. The van der Waals surface area contributed by atoms with Crippen LogP contribution >= 0.6 is 11.8 Å². The zero-order valence-electron chi connectivity index (χ0n) is 14.5. The smallest absolute Gasteiger partial charge is 0.471 e. The third-order valence-corrected chi connectivity index (χ3v) is 4.93. The van der Waals surface area contributed by atoms with Crippen LogP contribution in [-0.2, 0) is 11.9 Å². The molecule has 0 radical (unpaired) electrons. The highest BCUT2D eigenvalue weighted by Gasteiger charge is 2.38. The summed E-state index contributed by atoms with van der Waals surface area (Å²) in [7, 11) is 1.62. The number of alkyl halides is 3. The van der Waals surface area contributed by atoms with Crippen LogP contribution in [0.3, 0.4) is 0 Å². The van der Waals surface area contributed by atoms with Gasteiger partial charge in [-0.1, -0.05) is 5.16 Å². The Bertz CT molecular complexity index is 1110. The first-order valence-electron chi connectivity index (χ1n) is 8.08. The van der Waals surface area contributed by atoms with Gasteiger partial charge in [0.1, 0.15) is 11.4 Å². The largest absolute Gasteiger partial charge is 0.497 e. The molecule has 0 aliphatic carbocycles. The van der Waals surface area contributed by atoms with Gasteiger partial charge in [0.2, 0.25) is 5.82 Å². The van der Waals surface area contributed by atoms with E-state index in [4.69, 9.17) is 4.74 Å². The topological polar surface area (TPSA) is 65.5 Å². The Hall–Kier alpha value is -3.01. The fourth-order valence-electron chi connectivity index (χ4n) is 2.53. The lowest BCUT2D eigenvalue weighted by atomic mass is 10.2. The average molecular weight is 406 g/mol. The SMILES string of the molecule is COc1ccc(SCc2cn3ccc(-c4noc(C(F)(F)F)n4)cc3n2)cc1. The number of ether oxygens (including phenoxy) is 1. The van der Waals surface area contributed by atoms with E-state index in [9.17, 15) is 13.2 Å². The molecule has 0 amide bonds. The predicted octanol–water partition coefficient (Wildman–Crippen LogP) is 4.70. The molecule has 0 aliphatic heterocycles. The van der Waals surface area contributed by atoms with Gasteiger partial charge in [-0.3, -0.25) is 0 Å². The van der Waals surface area contributed by atoms with Gasteiger partial charge in [-0.2, -0.15) is 18.2 Å². The van der Waals surface area contributed by atoms with Crippen molar-refractivity contribution >= 4 is 17.4 Å². The van der Waals surface area contributed by atoms with Crippen molar-refractivity contribution in [2.45, 2.75) is 16.8 Å². The molecule has 0 aliphatic rings. The Morgan fingerprint density at radius 3 is 2.61 bits per heavy atom. The molecule has 0 saturated heterocycles. The number of methoxy groups -OCH3 is 1. The first-order chi connectivity index (χ1) is 13.4. The third kappa shape index (κ3) is 3.81. The van der Waals surface area contributed by atoms with E-state index in [1.54, 1.807) is 41.6 Å².